The second-order valence-electron chi connectivity index (χ2n) is 13.3. The molecule has 0 atom stereocenters. The molecule has 0 bridgehead atoms. The lowest BCUT2D eigenvalue weighted by molar-refractivity contribution is -0.114. The fourth-order valence-electron chi connectivity index (χ4n) is 5.59. The minimum absolute atomic E-state index is 0.119. The Morgan fingerprint density at radius 1 is 0.600 bits per heavy atom. The van der Waals surface area contributed by atoms with Gasteiger partial charge in [0.25, 0.3) is 23.6 Å². The number of sulfonamides is 2. The summed E-state index contributed by atoms with van der Waals surface area (Å²) in [5, 5.41) is 15.7. The molecule has 0 aromatic carbocycles. The molecular weight excluding hydrogens is 943 g/mol. The van der Waals surface area contributed by atoms with E-state index < -0.39 is 43.7 Å². The van der Waals surface area contributed by atoms with Gasteiger partial charge in [0.15, 0.2) is 0 Å². The van der Waals surface area contributed by atoms with Gasteiger partial charge in [-0.2, -0.15) is 8.61 Å². The summed E-state index contributed by atoms with van der Waals surface area (Å²) in [6.45, 7) is 3.51. The van der Waals surface area contributed by atoms with Crippen LogP contribution in [0.1, 0.15) is 43.3 Å². The predicted molar refractivity (Wildman–Crippen MR) is 235 cm³/mol. The second-order valence-corrected chi connectivity index (χ2v) is 20.6. The highest BCUT2D eigenvalue weighted by Gasteiger charge is 2.32. The molecule has 6 heterocycles. The molecule has 0 fully saturated rings. The monoisotopic (exact) mass is 976 g/mol. The Labute approximate surface area is 374 Å². The summed E-state index contributed by atoms with van der Waals surface area (Å²) < 4.78 is 50.3. The molecule has 24 heteroatoms. The van der Waals surface area contributed by atoms with Gasteiger partial charge in [0, 0.05) is 55.4 Å². The molecule has 6 rings (SSSR count). The summed E-state index contributed by atoms with van der Waals surface area (Å²) in [5.41, 5.74) is 2.47. The molecule has 4 amide bonds. The van der Waals surface area contributed by atoms with E-state index in [1.165, 1.54) is 49.7 Å². The van der Waals surface area contributed by atoms with Crippen molar-refractivity contribution in [3.63, 3.8) is 0 Å². The van der Waals surface area contributed by atoms with Gasteiger partial charge >= 0.3 is 0 Å². The van der Waals surface area contributed by atoms with E-state index in [0.29, 0.717) is 30.7 Å². The number of hydrogen-bond donors (Lipinski definition) is 4. The number of halogens is 4. The van der Waals surface area contributed by atoms with Gasteiger partial charge in [0.2, 0.25) is 20.0 Å². The van der Waals surface area contributed by atoms with E-state index in [1.807, 2.05) is 0 Å². The van der Waals surface area contributed by atoms with Gasteiger partial charge in [0.05, 0.1) is 44.7 Å². The number of hydrogen-bond acceptors (Lipinski definition) is 12. The molecule has 0 aliphatic carbocycles. The van der Waals surface area contributed by atoms with Gasteiger partial charge in [-0.3, -0.25) is 19.2 Å². The van der Waals surface area contributed by atoms with Crippen LogP contribution in [0, 0.1) is 13.8 Å². The largest absolute Gasteiger partial charge is 0.324 e. The minimum Gasteiger partial charge on any atom is -0.324 e. The first-order valence-electron chi connectivity index (χ1n) is 17.4. The number of nitrogens with one attached hydrogen (secondary N) is 4. The SMILES string of the molecule is Cc1csc(C(=O)NC2=C(C(=O)Nc3ccc(Cl)cn3)CCN(S(C)(=O)=O)C2)c1Cl.Cc1csc(C(=O)NC2=C(C(=O)Nc3ccc(Cl)cn3)CN(S(C)(=O)=O)CC2)c1Cl. The first-order chi connectivity index (χ1) is 28.1. The van der Waals surface area contributed by atoms with Gasteiger partial charge in [0.1, 0.15) is 21.4 Å². The van der Waals surface area contributed by atoms with Crippen LogP contribution in [-0.2, 0) is 29.6 Å². The van der Waals surface area contributed by atoms with Crippen molar-refractivity contribution in [1.82, 2.24) is 29.2 Å². The number of thiophene rings is 2. The molecule has 2 aliphatic heterocycles. The van der Waals surface area contributed by atoms with Gasteiger partial charge in [-0.1, -0.05) is 46.4 Å². The highest BCUT2D eigenvalue weighted by molar-refractivity contribution is 7.88. The van der Waals surface area contributed by atoms with Crippen molar-refractivity contribution < 1.29 is 36.0 Å². The van der Waals surface area contributed by atoms with E-state index in [-0.39, 0.29) is 72.4 Å². The first-order valence-corrected chi connectivity index (χ1v) is 24.4. The fourth-order valence-corrected chi connectivity index (χ4v) is 9.74. The van der Waals surface area contributed by atoms with Crippen LogP contribution in [0.25, 0.3) is 0 Å². The van der Waals surface area contributed by atoms with E-state index in [9.17, 15) is 36.0 Å². The van der Waals surface area contributed by atoms with Crippen molar-refractivity contribution in [1.29, 1.82) is 0 Å². The maximum atomic E-state index is 12.9. The zero-order chi connectivity index (χ0) is 44.1. The van der Waals surface area contributed by atoms with E-state index in [1.54, 1.807) is 42.8 Å². The van der Waals surface area contributed by atoms with Crippen molar-refractivity contribution in [2.24, 2.45) is 0 Å². The fraction of sp³-hybridized carbons (Fsp3) is 0.278. The number of amides is 4. The van der Waals surface area contributed by atoms with Crippen molar-refractivity contribution in [3.8, 4) is 0 Å². The van der Waals surface area contributed by atoms with Gasteiger partial charge < -0.3 is 21.3 Å². The molecule has 0 spiro atoms. The minimum atomic E-state index is -3.52. The van der Waals surface area contributed by atoms with Crippen molar-refractivity contribution >= 4 is 124 Å². The summed E-state index contributed by atoms with van der Waals surface area (Å²) in [6, 6.07) is 6.20. The smallest absolute Gasteiger partial charge is 0.267 e. The Kier molecular flexibility index (Phi) is 15.6. The molecule has 4 aromatic rings. The second kappa shape index (κ2) is 19.8. The van der Waals surface area contributed by atoms with Crippen LogP contribution in [0.3, 0.4) is 0 Å². The number of anilines is 2. The third kappa shape index (κ3) is 12.1. The Morgan fingerprint density at radius 3 is 1.45 bits per heavy atom. The summed E-state index contributed by atoms with van der Waals surface area (Å²) in [5.74, 6) is -1.47. The molecule has 0 unspecified atom stereocenters. The molecule has 4 N–H and O–H groups in total. The van der Waals surface area contributed by atoms with Gasteiger partial charge in [-0.15, -0.1) is 22.7 Å². The number of carbonyl (C=O) groups excluding carboxylic acids is 4. The molecular formula is C36H36Cl4N8O8S4. The molecule has 0 radical (unpaired) electrons. The average Bonchev–Trinajstić information content (AvgIpc) is 3.71. The first kappa shape index (κ1) is 47.1. The number of aromatic nitrogens is 2. The van der Waals surface area contributed by atoms with E-state index >= 15 is 0 Å². The lowest BCUT2D eigenvalue weighted by Crippen LogP contribution is -2.43. The predicted octanol–water partition coefficient (Wildman–Crippen LogP) is 6.09. The zero-order valence-corrected chi connectivity index (χ0v) is 38.4. The summed E-state index contributed by atoms with van der Waals surface area (Å²) in [4.78, 5) is 59.8. The molecule has 60 heavy (non-hydrogen) atoms. The Hall–Kier alpha value is -3.96. The Bertz CT molecular complexity index is 2610. The van der Waals surface area contributed by atoms with Crippen molar-refractivity contribution in [2.45, 2.75) is 26.7 Å². The van der Waals surface area contributed by atoms with Crippen LogP contribution in [0.5, 0.6) is 0 Å². The summed E-state index contributed by atoms with van der Waals surface area (Å²) in [6.07, 6.45) is 5.20. The lowest BCUT2D eigenvalue weighted by Gasteiger charge is -2.28. The average molecular weight is 979 g/mol. The summed E-state index contributed by atoms with van der Waals surface area (Å²) >= 11 is 26.3. The zero-order valence-electron chi connectivity index (χ0n) is 32.1. The molecule has 320 valence electrons. The Balaban J connectivity index is 0.000000228. The number of rotatable bonds is 10. The molecule has 2 aliphatic rings. The molecule has 0 saturated carbocycles. The Morgan fingerprint density at radius 2 is 1.03 bits per heavy atom. The molecule has 4 aromatic heterocycles. The van der Waals surface area contributed by atoms with E-state index in [2.05, 4.69) is 31.2 Å². The van der Waals surface area contributed by atoms with Crippen LogP contribution in [0.15, 0.2) is 70.0 Å². The van der Waals surface area contributed by atoms with Gasteiger partial charge in [-0.05, 0) is 66.4 Å². The van der Waals surface area contributed by atoms with Crippen molar-refractivity contribution in [3.05, 3.63) is 111 Å². The van der Waals surface area contributed by atoms with Crippen LogP contribution >= 0.6 is 69.1 Å². The third-order valence-corrected chi connectivity index (χ3v) is 15.1. The normalized spacial score (nSPS) is 15.2. The summed E-state index contributed by atoms with van der Waals surface area (Å²) in [7, 11) is -7.03. The van der Waals surface area contributed by atoms with Crippen LogP contribution in [0.4, 0.5) is 11.6 Å². The quantitative estimate of drug-likeness (QED) is 0.143. The highest BCUT2D eigenvalue weighted by atomic mass is 35.5. The van der Waals surface area contributed by atoms with Crippen LogP contribution in [0.2, 0.25) is 20.1 Å². The maximum Gasteiger partial charge on any atom is 0.267 e. The van der Waals surface area contributed by atoms with Gasteiger partial charge in [-0.25, -0.2) is 26.8 Å². The topological polar surface area (TPSA) is 217 Å². The lowest BCUT2D eigenvalue weighted by atomic mass is 10.1. The number of aryl methyl sites for hydroxylation is 2. The third-order valence-electron chi connectivity index (χ3n) is 8.78. The van der Waals surface area contributed by atoms with Crippen LogP contribution < -0.4 is 21.3 Å². The number of carbonyl (C=O) groups is 4. The highest BCUT2D eigenvalue weighted by Crippen LogP contribution is 2.30. The maximum absolute atomic E-state index is 12.9. The molecule has 16 nitrogen and oxygen atoms in total. The molecule has 0 saturated heterocycles. The standard InChI is InChI=1S/2C18H18Cl2N4O4S2/c1-10-9-29-16(15(10)20)18(26)22-13-5-6-24(30(2,27)28)8-12(13)17(25)23-14-4-3-11(19)7-21-14;1-10-9-29-16(15(10)20)18(26)22-13-8-24(30(2,27)28)6-5-12(13)17(25)23-14-4-3-11(19)7-21-14/h2*3-4,7,9H,5-6,8H2,1-2H3,(H,22,26)(H,21,23,25). The van der Waals surface area contributed by atoms with E-state index in [0.717, 1.165) is 23.6 Å². The van der Waals surface area contributed by atoms with E-state index in [4.69, 9.17) is 46.4 Å². The van der Waals surface area contributed by atoms with Crippen LogP contribution in [-0.4, -0.2) is 97.7 Å². The van der Waals surface area contributed by atoms with Crippen molar-refractivity contribution in [2.75, 3.05) is 49.3 Å². The number of nitrogens with zero attached hydrogens (tertiary/aromatic N) is 4. The number of pyridine rings is 2.